The van der Waals surface area contributed by atoms with E-state index in [1.165, 1.54) is 34.9 Å². The topological polar surface area (TPSA) is 22.0 Å². The molecule has 0 atom stereocenters. The molecule has 2 nitrogen and oxygen atoms in total. The molecule has 3 aromatic rings. The van der Waals surface area contributed by atoms with Crippen LogP contribution in [0, 0.1) is 17.5 Å². The van der Waals surface area contributed by atoms with E-state index in [2.05, 4.69) is 15.9 Å². The van der Waals surface area contributed by atoms with Gasteiger partial charge in [-0.15, -0.1) is 0 Å². The van der Waals surface area contributed by atoms with Gasteiger partial charge in [0.05, 0.1) is 15.2 Å². The molecule has 0 N–H and O–H groups in total. The van der Waals surface area contributed by atoms with Crippen LogP contribution in [0.4, 0.5) is 13.2 Å². The van der Waals surface area contributed by atoms with Crippen molar-refractivity contribution in [3.63, 3.8) is 0 Å². The predicted octanol–water partition coefficient (Wildman–Crippen LogP) is 6.04. The van der Waals surface area contributed by atoms with Crippen molar-refractivity contribution < 1.29 is 13.2 Å². The summed E-state index contributed by atoms with van der Waals surface area (Å²) in [6, 6.07) is 8.75. The van der Waals surface area contributed by atoms with Crippen molar-refractivity contribution in [3.05, 3.63) is 79.8 Å². The van der Waals surface area contributed by atoms with Gasteiger partial charge in [-0.05, 0) is 64.8 Å². The summed E-state index contributed by atoms with van der Waals surface area (Å²) in [6.45, 7) is 2.06. The van der Waals surface area contributed by atoms with Gasteiger partial charge < -0.3 is 4.57 Å². The maximum atomic E-state index is 14.0. The molecule has 2 aromatic carbocycles. The molecule has 1 aromatic heterocycles. The van der Waals surface area contributed by atoms with E-state index in [0.717, 1.165) is 6.07 Å². The van der Waals surface area contributed by atoms with Crippen molar-refractivity contribution in [1.29, 1.82) is 0 Å². The zero-order chi connectivity index (χ0) is 19.0. The highest BCUT2D eigenvalue weighted by atomic mass is 79.9. The second-order valence-electron chi connectivity index (χ2n) is 5.56. The first-order chi connectivity index (χ1) is 12.3. The first kappa shape index (κ1) is 18.7. The van der Waals surface area contributed by atoms with Crippen LogP contribution in [0.15, 0.2) is 51.7 Å². The van der Waals surface area contributed by atoms with Gasteiger partial charge in [0, 0.05) is 23.7 Å². The quantitative estimate of drug-likeness (QED) is 0.454. The van der Waals surface area contributed by atoms with Crippen molar-refractivity contribution in [3.8, 4) is 22.4 Å². The van der Waals surface area contributed by atoms with Crippen LogP contribution in [-0.4, -0.2) is 4.57 Å². The smallest absolute Gasteiger partial charge is 0.265 e. The minimum Gasteiger partial charge on any atom is -0.307 e. The molecular formula is C19H12BrClF3NO. The van der Waals surface area contributed by atoms with E-state index in [-0.39, 0.29) is 20.6 Å². The van der Waals surface area contributed by atoms with Gasteiger partial charge in [-0.2, -0.15) is 0 Å². The summed E-state index contributed by atoms with van der Waals surface area (Å²) in [7, 11) is 0. The highest BCUT2D eigenvalue weighted by Gasteiger charge is 2.20. The van der Waals surface area contributed by atoms with Crippen molar-refractivity contribution >= 4 is 27.5 Å². The third kappa shape index (κ3) is 3.31. The molecule has 26 heavy (non-hydrogen) atoms. The third-order valence-corrected chi connectivity index (χ3v) is 4.91. The van der Waals surface area contributed by atoms with E-state index in [0.29, 0.717) is 29.4 Å². The molecular weight excluding hydrogens is 431 g/mol. The van der Waals surface area contributed by atoms with Gasteiger partial charge in [-0.1, -0.05) is 11.6 Å². The maximum Gasteiger partial charge on any atom is 0.265 e. The highest BCUT2D eigenvalue weighted by Crippen LogP contribution is 2.38. The van der Waals surface area contributed by atoms with Crippen LogP contribution in [0.3, 0.4) is 0 Å². The Balaban J connectivity index is 2.45. The molecule has 0 unspecified atom stereocenters. The maximum absolute atomic E-state index is 14.0. The lowest BCUT2D eigenvalue weighted by Gasteiger charge is -2.18. The Kier molecular flexibility index (Phi) is 5.25. The average molecular weight is 443 g/mol. The van der Waals surface area contributed by atoms with Gasteiger partial charge in [0.25, 0.3) is 5.56 Å². The number of aromatic nitrogens is 1. The van der Waals surface area contributed by atoms with Crippen molar-refractivity contribution in [2.75, 3.05) is 0 Å². The molecule has 0 saturated carbocycles. The van der Waals surface area contributed by atoms with Gasteiger partial charge in [0.1, 0.15) is 17.5 Å². The molecule has 0 aliphatic rings. The third-order valence-electron chi connectivity index (χ3n) is 3.96. The van der Waals surface area contributed by atoms with Crippen molar-refractivity contribution in [2.24, 2.45) is 0 Å². The van der Waals surface area contributed by atoms with Crippen molar-refractivity contribution in [2.45, 2.75) is 13.5 Å². The summed E-state index contributed by atoms with van der Waals surface area (Å²) >= 11 is 9.26. The second kappa shape index (κ2) is 7.29. The highest BCUT2D eigenvalue weighted by molar-refractivity contribution is 9.10. The Bertz CT molecular complexity index is 1050. The molecule has 134 valence electrons. The minimum atomic E-state index is -0.905. The fraction of sp³-hybridized carbons (Fsp3) is 0.105. The van der Waals surface area contributed by atoms with E-state index in [4.69, 9.17) is 11.6 Å². The molecule has 0 bridgehead atoms. The van der Waals surface area contributed by atoms with Crippen LogP contribution in [0.25, 0.3) is 22.4 Å². The van der Waals surface area contributed by atoms with Gasteiger partial charge in [0.15, 0.2) is 0 Å². The lowest BCUT2D eigenvalue weighted by atomic mass is 9.98. The molecule has 0 fully saturated rings. The molecule has 0 aliphatic heterocycles. The number of nitrogens with zero attached hydrogens (tertiary/aromatic N) is 1. The predicted molar refractivity (Wildman–Crippen MR) is 99.8 cm³/mol. The van der Waals surface area contributed by atoms with Crippen LogP contribution in [0.1, 0.15) is 6.92 Å². The SMILES string of the molecule is CCn1c(-c2ccc(F)cc2)c(-c2cc(F)cc(F)c2Cl)cc(Br)c1=O. The minimum absolute atomic E-state index is 0.103. The van der Waals surface area contributed by atoms with Gasteiger partial charge in [0.2, 0.25) is 0 Å². The summed E-state index contributed by atoms with van der Waals surface area (Å²) in [5, 5.41) is -0.261. The Morgan fingerprint density at radius 1 is 1.00 bits per heavy atom. The number of hydrogen-bond acceptors (Lipinski definition) is 1. The number of pyridine rings is 1. The molecule has 0 saturated heterocycles. The summed E-state index contributed by atoms with van der Waals surface area (Å²) < 4.78 is 42.8. The monoisotopic (exact) mass is 441 g/mol. The Labute approximate surface area is 161 Å². The largest absolute Gasteiger partial charge is 0.307 e. The molecule has 0 spiro atoms. The first-order valence-electron chi connectivity index (χ1n) is 7.67. The van der Waals surface area contributed by atoms with E-state index in [1.54, 1.807) is 6.92 Å². The van der Waals surface area contributed by atoms with E-state index in [9.17, 15) is 18.0 Å². The Hall–Kier alpha value is -2.05. The summed E-state index contributed by atoms with van der Waals surface area (Å²) in [5.41, 5.74) is 1.06. The molecule has 1 heterocycles. The molecule has 0 aliphatic carbocycles. The summed E-state index contributed by atoms with van der Waals surface area (Å²) in [5.74, 6) is -2.14. The van der Waals surface area contributed by atoms with Gasteiger partial charge in [-0.3, -0.25) is 4.79 Å². The van der Waals surface area contributed by atoms with Crippen LogP contribution >= 0.6 is 27.5 Å². The number of halogens is 5. The molecule has 0 radical (unpaired) electrons. The summed E-state index contributed by atoms with van der Waals surface area (Å²) in [4.78, 5) is 12.5. The Morgan fingerprint density at radius 2 is 1.65 bits per heavy atom. The lowest BCUT2D eigenvalue weighted by molar-refractivity contribution is 0.584. The molecule has 3 rings (SSSR count). The average Bonchev–Trinajstić information content (AvgIpc) is 2.61. The van der Waals surface area contributed by atoms with E-state index >= 15 is 0 Å². The number of rotatable bonds is 3. The number of benzene rings is 2. The van der Waals surface area contributed by atoms with Gasteiger partial charge >= 0.3 is 0 Å². The van der Waals surface area contributed by atoms with E-state index in [1.807, 2.05) is 0 Å². The fourth-order valence-corrected chi connectivity index (χ4v) is 3.46. The zero-order valence-corrected chi connectivity index (χ0v) is 15.8. The number of hydrogen-bond donors (Lipinski definition) is 0. The Morgan fingerprint density at radius 3 is 2.27 bits per heavy atom. The van der Waals surface area contributed by atoms with Crippen LogP contribution in [0.5, 0.6) is 0 Å². The standard InChI is InChI=1S/C19H12BrClF3NO/c1-2-25-18(10-3-5-11(22)6-4-10)14(9-15(20)19(25)26)13-7-12(23)8-16(24)17(13)21/h3-9H,2H2,1H3. The molecule has 0 amide bonds. The fourth-order valence-electron chi connectivity index (χ4n) is 2.81. The van der Waals surface area contributed by atoms with Crippen LogP contribution < -0.4 is 5.56 Å². The van der Waals surface area contributed by atoms with E-state index < -0.39 is 17.5 Å². The van der Waals surface area contributed by atoms with Crippen LogP contribution in [-0.2, 0) is 6.54 Å². The normalized spacial score (nSPS) is 11.0. The van der Waals surface area contributed by atoms with Gasteiger partial charge in [-0.25, -0.2) is 13.2 Å². The summed E-state index contributed by atoms with van der Waals surface area (Å²) in [6.07, 6.45) is 0. The first-order valence-corrected chi connectivity index (χ1v) is 8.84. The lowest BCUT2D eigenvalue weighted by Crippen LogP contribution is -2.22. The van der Waals surface area contributed by atoms with Crippen LogP contribution in [0.2, 0.25) is 5.02 Å². The van der Waals surface area contributed by atoms with Crippen molar-refractivity contribution in [1.82, 2.24) is 4.57 Å². The molecule has 7 heteroatoms. The second-order valence-corrected chi connectivity index (χ2v) is 6.79. The zero-order valence-electron chi connectivity index (χ0n) is 13.5.